The third-order valence-corrected chi connectivity index (χ3v) is 13.8. The van der Waals surface area contributed by atoms with Crippen LogP contribution in [0, 0.1) is 0 Å². The van der Waals surface area contributed by atoms with Crippen LogP contribution in [0.4, 0.5) is 0 Å². The van der Waals surface area contributed by atoms with Gasteiger partial charge in [0.15, 0.2) is 11.6 Å². The average Bonchev–Trinajstić information content (AvgIpc) is 4.07. The van der Waals surface area contributed by atoms with Gasteiger partial charge in [-0.2, -0.15) is 0 Å². The van der Waals surface area contributed by atoms with Crippen LogP contribution in [0.5, 0.6) is 0 Å². The molecule has 9 aromatic rings. The maximum Gasteiger partial charge on any atom is 0.155 e. The number of aromatic nitrogens is 4. The summed E-state index contributed by atoms with van der Waals surface area (Å²) in [7, 11) is 0. The SMILES string of the molecule is CC1(C)c2cc3c(cc2-c2cc4nc(-c5ccc(-c6ccccc6)s5)n(-c5ccccc5)c4cc21)nc(C1=CCC(c2ccccc2)S1)n3-c1ccccc1. The summed E-state index contributed by atoms with van der Waals surface area (Å²) in [5.41, 5.74) is 13.9. The van der Waals surface area contributed by atoms with Gasteiger partial charge >= 0.3 is 0 Å². The molecule has 0 saturated heterocycles. The average molecular weight is 745 g/mol. The monoisotopic (exact) mass is 744 g/mol. The van der Waals surface area contributed by atoms with Gasteiger partial charge in [-0.25, -0.2) is 9.97 Å². The van der Waals surface area contributed by atoms with E-state index in [0.717, 1.165) is 56.4 Å². The van der Waals surface area contributed by atoms with Crippen LogP contribution in [0.1, 0.15) is 48.0 Å². The van der Waals surface area contributed by atoms with Crippen molar-refractivity contribution in [1.29, 1.82) is 0 Å². The number of allylic oxidation sites excluding steroid dienone is 1. The van der Waals surface area contributed by atoms with Crippen LogP contribution >= 0.6 is 23.1 Å². The summed E-state index contributed by atoms with van der Waals surface area (Å²) in [6, 6.07) is 56.8. The molecule has 11 rings (SSSR count). The van der Waals surface area contributed by atoms with Crippen LogP contribution in [0.2, 0.25) is 0 Å². The fourth-order valence-corrected chi connectivity index (χ4v) is 10.8. The Morgan fingerprint density at radius 1 is 0.564 bits per heavy atom. The van der Waals surface area contributed by atoms with E-state index in [2.05, 4.69) is 187 Å². The van der Waals surface area contributed by atoms with Crippen molar-refractivity contribution in [3.8, 4) is 43.6 Å². The van der Waals surface area contributed by atoms with Crippen molar-refractivity contribution < 1.29 is 0 Å². The predicted octanol–water partition coefficient (Wildman–Crippen LogP) is 13.3. The zero-order chi connectivity index (χ0) is 36.7. The van der Waals surface area contributed by atoms with Crippen LogP contribution in [-0.2, 0) is 5.41 Å². The van der Waals surface area contributed by atoms with Gasteiger partial charge in [0.2, 0.25) is 0 Å². The summed E-state index contributed by atoms with van der Waals surface area (Å²) in [5, 5.41) is 0.387. The molecular formula is C49H36N4S2. The van der Waals surface area contributed by atoms with E-state index in [1.165, 1.54) is 43.2 Å². The topological polar surface area (TPSA) is 35.6 Å². The normalized spacial score (nSPS) is 15.7. The van der Waals surface area contributed by atoms with Crippen molar-refractivity contribution in [3.05, 3.63) is 186 Å². The van der Waals surface area contributed by atoms with Gasteiger partial charge in [0.1, 0.15) is 0 Å². The number of imidazole rings is 2. The number of hydrogen-bond acceptors (Lipinski definition) is 4. The Hall–Kier alpha value is -5.95. The number of benzene rings is 6. The van der Waals surface area contributed by atoms with Gasteiger partial charge in [-0.3, -0.25) is 9.13 Å². The smallest absolute Gasteiger partial charge is 0.155 e. The Kier molecular flexibility index (Phi) is 7.41. The Bertz CT molecular complexity index is 2940. The van der Waals surface area contributed by atoms with Crippen LogP contribution in [0.3, 0.4) is 0 Å². The minimum atomic E-state index is -0.242. The largest absolute Gasteiger partial charge is 0.292 e. The molecule has 55 heavy (non-hydrogen) atoms. The lowest BCUT2D eigenvalue weighted by Crippen LogP contribution is -2.15. The van der Waals surface area contributed by atoms with Gasteiger partial charge in [-0.1, -0.05) is 117 Å². The van der Waals surface area contributed by atoms with E-state index in [0.29, 0.717) is 5.25 Å². The van der Waals surface area contributed by atoms with Crippen LogP contribution in [0.15, 0.2) is 164 Å². The molecule has 1 aliphatic heterocycles. The minimum Gasteiger partial charge on any atom is -0.292 e. The third-order valence-electron chi connectivity index (χ3n) is 11.3. The second-order valence-corrected chi connectivity index (χ2v) is 17.3. The molecule has 4 heterocycles. The summed E-state index contributed by atoms with van der Waals surface area (Å²) in [6.07, 6.45) is 3.37. The number of thiophene rings is 1. The number of nitrogens with zero attached hydrogens (tertiary/aromatic N) is 4. The Morgan fingerprint density at radius 3 is 1.67 bits per heavy atom. The van der Waals surface area contributed by atoms with E-state index in [9.17, 15) is 0 Å². The van der Waals surface area contributed by atoms with Gasteiger partial charge in [0, 0.05) is 31.8 Å². The fourth-order valence-electron chi connectivity index (χ4n) is 8.57. The van der Waals surface area contributed by atoms with E-state index < -0.39 is 0 Å². The van der Waals surface area contributed by atoms with Crippen molar-refractivity contribution in [2.75, 3.05) is 0 Å². The molecule has 4 nitrogen and oxygen atoms in total. The molecule has 0 N–H and O–H groups in total. The quantitative estimate of drug-likeness (QED) is 0.170. The molecule has 0 fully saturated rings. The van der Waals surface area contributed by atoms with E-state index >= 15 is 0 Å². The van der Waals surface area contributed by atoms with Crippen LogP contribution in [-0.4, -0.2) is 19.1 Å². The highest BCUT2D eigenvalue weighted by molar-refractivity contribution is 8.08. The van der Waals surface area contributed by atoms with Crippen LogP contribution in [0.25, 0.3) is 70.6 Å². The third kappa shape index (κ3) is 5.20. The predicted molar refractivity (Wildman–Crippen MR) is 231 cm³/mol. The molecule has 264 valence electrons. The second-order valence-electron chi connectivity index (χ2n) is 15.0. The number of hydrogen-bond donors (Lipinski definition) is 0. The minimum absolute atomic E-state index is 0.242. The summed E-state index contributed by atoms with van der Waals surface area (Å²) >= 11 is 3.72. The van der Waals surface area contributed by atoms with Crippen LogP contribution < -0.4 is 0 Å². The lowest BCUT2D eigenvalue weighted by atomic mass is 9.82. The van der Waals surface area contributed by atoms with Crippen molar-refractivity contribution in [1.82, 2.24) is 19.1 Å². The lowest BCUT2D eigenvalue weighted by molar-refractivity contribution is 0.661. The molecule has 1 atom stereocenters. The van der Waals surface area contributed by atoms with Crippen molar-refractivity contribution in [3.63, 3.8) is 0 Å². The number of thioether (sulfide) groups is 1. The molecular weight excluding hydrogens is 709 g/mol. The first-order valence-corrected chi connectivity index (χ1v) is 20.5. The highest BCUT2D eigenvalue weighted by Crippen LogP contribution is 2.53. The number of fused-ring (bicyclic) bond motifs is 5. The van der Waals surface area contributed by atoms with E-state index in [4.69, 9.17) is 9.97 Å². The Balaban J connectivity index is 1.08. The number of para-hydroxylation sites is 2. The van der Waals surface area contributed by atoms with Crippen molar-refractivity contribution in [2.24, 2.45) is 0 Å². The molecule has 1 aliphatic carbocycles. The molecule has 0 spiro atoms. The number of rotatable bonds is 6. The van der Waals surface area contributed by atoms with E-state index in [1.807, 2.05) is 11.8 Å². The van der Waals surface area contributed by atoms with E-state index in [1.54, 1.807) is 11.3 Å². The zero-order valence-corrected chi connectivity index (χ0v) is 32.1. The maximum atomic E-state index is 5.44. The molecule has 0 amide bonds. The molecule has 6 heteroatoms. The Morgan fingerprint density at radius 2 is 1.07 bits per heavy atom. The fraction of sp³-hybridized carbons (Fsp3) is 0.102. The van der Waals surface area contributed by atoms with Gasteiger partial charge in [0.05, 0.1) is 26.9 Å². The van der Waals surface area contributed by atoms with Gasteiger partial charge in [-0.05, 0) is 100 Å². The molecule has 6 aromatic carbocycles. The van der Waals surface area contributed by atoms with Gasteiger partial charge in [-0.15, -0.1) is 23.1 Å². The summed E-state index contributed by atoms with van der Waals surface area (Å²) in [6.45, 7) is 4.74. The summed E-state index contributed by atoms with van der Waals surface area (Å²) in [4.78, 5) is 14.5. The van der Waals surface area contributed by atoms with E-state index in [-0.39, 0.29) is 5.41 Å². The molecule has 2 aliphatic rings. The highest BCUT2D eigenvalue weighted by atomic mass is 32.2. The zero-order valence-electron chi connectivity index (χ0n) is 30.5. The van der Waals surface area contributed by atoms with Gasteiger partial charge in [0.25, 0.3) is 0 Å². The van der Waals surface area contributed by atoms with Gasteiger partial charge < -0.3 is 0 Å². The first kappa shape index (κ1) is 32.5. The first-order valence-electron chi connectivity index (χ1n) is 18.8. The molecule has 3 aromatic heterocycles. The highest BCUT2D eigenvalue weighted by Gasteiger charge is 2.38. The standard InChI is InChI=1S/C49H36N4S2/c1-49(2)37-29-41-39(50-47(52(41)33-19-11-5-12-20-33)45-25-23-43(54-45)31-15-7-3-8-16-31)27-35(37)36-28-40-42(30-38(36)49)53(34-21-13-6-14-22-34)48(51-40)46-26-24-44(55-46)32-17-9-4-10-18-32/h3-23,25-30,44H,24H2,1-2H3. The molecule has 0 saturated carbocycles. The van der Waals surface area contributed by atoms with Crippen molar-refractivity contribution in [2.45, 2.75) is 30.9 Å². The molecule has 0 bridgehead atoms. The summed E-state index contributed by atoms with van der Waals surface area (Å²) in [5.74, 6) is 1.98. The lowest BCUT2D eigenvalue weighted by Gasteiger charge is -2.22. The summed E-state index contributed by atoms with van der Waals surface area (Å²) < 4.78 is 4.72. The molecule has 0 radical (unpaired) electrons. The van der Waals surface area contributed by atoms with Crippen molar-refractivity contribution >= 4 is 50.1 Å². The first-order chi connectivity index (χ1) is 27.0. The molecule has 1 unspecified atom stereocenters. The second kappa shape index (κ2) is 12.6. The Labute approximate surface area is 328 Å². The maximum absolute atomic E-state index is 5.44.